The number of nitrogens with zero attached hydrogens (tertiary/aromatic N) is 1. The fraction of sp³-hybridized carbons (Fsp3) is 0.273. The number of hydrogen-bond acceptors (Lipinski definition) is 3. The van der Waals surface area contributed by atoms with Gasteiger partial charge in [-0.25, -0.2) is 0 Å². The number of hydrogen-bond donors (Lipinski definition) is 2. The molecule has 1 atom stereocenters. The summed E-state index contributed by atoms with van der Waals surface area (Å²) in [5.74, 6) is -4.43. The molecule has 0 fully saturated rings. The lowest BCUT2D eigenvalue weighted by Gasteiger charge is -2.17. The summed E-state index contributed by atoms with van der Waals surface area (Å²) in [6.45, 7) is -0.788. The summed E-state index contributed by atoms with van der Waals surface area (Å²) in [6, 6.07) is 6.11. The van der Waals surface area contributed by atoms with Crippen molar-refractivity contribution < 1.29 is 23.1 Å². The molecule has 0 aliphatic heterocycles. The quantitative estimate of drug-likeness (QED) is 0.886. The Morgan fingerprint density at radius 2 is 2.16 bits per heavy atom. The number of rotatable bonds is 4. The highest BCUT2D eigenvalue weighted by Crippen LogP contribution is 2.28. The van der Waals surface area contributed by atoms with Crippen molar-refractivity contribution in [3.05, 3.63) is 28.2 Å². The molecule has 0 bridgehead atoms. The van der Waals surface area contributed by atoms with Gasteiger partial charge in [0.15, 0.2) is 5.92 Å². The highest BCUT2D eigenvalue weighted by atomic mass is 79.9. The summed E-state index contributed by atoms with van der Waals surface area (Å²) >= 11 is 3.08. The predicted octanol–water partition coefficient (Wildman–Crippen LogP) is 3.00. The van der Waals surface area contributed by atoms with Crippen LogP contribution in [0.4, 0.5) is 18.9 Å². The first-order chi connectivity index (χ1) is 8.75. The van der Waals surface area contributed by atoms with Crippen LogP contribution in [-0.2, 0) is 4.79 Å². The van der Waals surface area contributed by atoms with Crippen LogP contribution in [0.15, 0.2) is 22.7 Å². The molecule has 1 rings (SSSR count). The van der Waals surface area contributed by atoms with Crippen LogP contribution >= 0.6 is 15.9 Å². The molecule has 0 amide bonds. The standard InChI is InChI=1S/C11H8BrF3N2O2/c12-8-3-6(4-16)1-2-9(8)17-5-7(10(18)19)11(13,14)15/h1-3,7,17H,5H2,(H,18,19). The highest BCUT2D eigenvalue weighted by Gasteiger charge is 2.44. The number of halogens is 4. The number of nitriles is 1. The minimum absolute atomic E-state index is 0.287. The number of carbonyl (C=O) groups is 1. The SMILES string of the molecule is N#Cc1ccc(NCC(C(=O)O)C(F)(F)F)c(Br)c1. The van der Waals surface area contributed by atoms with Crippen LogP contribution in [0, 0.1) is 17.2 Å². The van der Waals surface area contributed by atoms with Gasteiger partial charge in [0.05, 0.1) is 11.6 Å². The lowest BCUT2D eigenvalue weighted by molar-refractivity contribution is -0.190. The third-order valence-electron chi connectivity index (χ3n) is 2.29. The zero-order valence-electron chi connectivity index (χ0n) is 9.33. The van der Waals surface area contributed by atoms with E-state index in [0.29, 0.717) is 10.0 Å². The van der Waals surface area contributed by atoms with Crippen molar-refractivity contribution >= 4 is 27.6 Å². The molecule has 0 aromatic heterocycles. The molecule has 1 aromatic carbocycles. The Morgan fingerprint density at radius 3 is 2.58 bits per heavy atom. The Balaban J connectivity index is 2.81. The van der Waals surface area contributed by atoms with E-state index in [-0.39, 0.29) is 5.69 Å². The van der Waals surface area contributed by atoms with Crippen molar-refractivity contribution in [2.45, 2.75) is 6.18 Å². The Labute approximate surface area is 115 Å². The second-order valence-corrected chi connectivity index (χ2v) is 4.47. The van der Waals surface area contributed by atoms with Crippen molar-refractivity contribution in [3.63, 3.8) is 0 Å². The molecule has 0 heterocycles. The van der Waals surface area contributed by atoms with E-state index in [4.69, 9.17) is 10.4 Å². The molecule has 102 valence electrons. The molecule has 2 N–H and O–H groups in total. The Kier molecular flexibility index (Phi) is 4.78. The molecular formula is C11H8BrF3N2O2. The summed E-state index contributed by atoms with van der Waals surface area (Å²) in [4.78, 5) is 10.5. The monoisotopic (exact) mass is 336 g/mol. The second-order valence-electron chi connectivity index (χ2n) is 3.62. The van der Waals surface area contributed by atoms with E-state index in [2.05, 4.69) is 21.2 Å². The number of nitrogens with one attached hydrogen (secondary N) is 1. The molecule has 4 nitrogen and oxygen atoms in total. The van der Waals surface area contributed by atoms with Gasteiger partial charge in [-0.2, -0.15) is 18.4 Å². The topological polar surface area (TPSA) is 73.1 Å². The molecule has 0 radical (unpaired) electrons. The smallest absolute Gasteiger partial charge is 0.403 e. The second kappa shape index (κ2) is 5.93. The molecule has 0 aliphatic carbocycles. The molecule has 8 heteroatoms. The number of carboxylic acid groups (broad SMARTS) is 1. The van der Waals surface area contributed by atoms with Gasteiger partial charge in [0.2, 0.25) is 0 Å². The summed E-state index contributed by atoms with van der Waals surface area (Å²) in [7, 11) is 0. The zero-order valence-corrected chi connectivity index (χ0v) is 10.9. The van der Waals surface area contributed by atoms with Crippen LogP contribution in [0.1, 0.15) is 5.56 Å². The summed E-state index contributed by atoms with van der Waals surface area (Å²) in [6.07, 6.45) is -4.82. The first kappa shape index (κ1) is 15.3. The predicted molar refractivity (Wildman–Crippen MR) is 64.5 cm³/mol. The van der Waals surface area contributed by atoms with Gasteiger partial charge in [-0.1, -0.05) is 0 Å². The van der Waals surface area contributed by atoms with Crippen molar-refractivity contribution in [2.24, 2.45) is 5.92 Å². The Bertz CT molecular complexity index is 526. The zero-order chi connectivity index (χ0) is 14.6. The van der Waals surface area contributed by atoms with Crippen molar-refractivity contribution in [1.29, 1.82) is 5.26 Å². The van der Waals surface area contributed by atoms with Crippen LogP contribution in [0.25, 0.3) is 0 Å². The molecular weight excluding hydrogens is 329 g/mol. The number of anilines is 1. The van der Waals surface area contributed by atoms with E-state index in [1.54, 1.807) is 0 Å². The lowest BCUT2D eigenvalue weighted by atomic mass is 10.1. The maximum Gasteiger partial charge on any atom is 0.403 e. The first-order valence-corrected chi connectivity index (χ1v) is 5.78. The number of aliphatic carboxylic acids is 1. The van der Waals surface area contributed by atoms with E-state index in [9.17, 15) is 18.0 Å². The van der Waals surface area contributed by atoms with Gasteiger partial charge in [-0.15, -0.1) is 0 Å². The van der Waals surface area contributed by atoms with Gasteiger partial charge in [0.25, 0.3) is 0 Å². The summed E-state index contributed by atoms with van der Waals surface area (Å²) < 4.78 is 37.6. The summed E-state index contributed by atoms with van der Waals surface area (Å²) in [5, 5.41) is 19.6. The summed E-state index contributed by atoms with van der Waals surface area (Å²) in [5.41, 5.74) is 0.623. The first-order valence-electron chi connectivity index (χ1n) is 4.98. The van der Waals surface area contributed by atoms with E-state index >= 15 is 0 Å². The Morgan fingerprint density at radius 1 is 1.53 bits per heavy atom. The van der Waals surface area contributed by atoms with E-state index in [1.807, 2.05) is 6.07 Å². The maximum atomic E-state index is 12.4. The highest BCUT2D eigenvalue weighted by molar-refractivity contribution is 9.10. The molecule has 1 unspecified atom stereocenters. The lowest BCUT2D eigenvalue weighted by Crippen LogP contribution is -2.36. The van der Waals surface area contributed by atoms with Gasteiger partial charge in [-0.05, 0) is 34.1 Å². The largest absolute Gasteiger partial charge is 0.481 e. The van der Waals surface area contributed by atoms with Crippen molar-refractivity contribution in [3.8, 4) is 6.07 Å². The molecule has 0 saturated carbocycles. The average Bonchev–Trinajstić information content (AvgIpc) is 2.28. The maximum absolute atomic E-state index is 12.4. The molecule has 0 saturated heterocycles. The average molecular weight is 337 g/mol. The van der Waals surface area contributed by atoms with Crippen LogP contribution in [0.3, 0.4) is 0 Å². The third-order valence-corrected chi connectivity index (χ3v) is 2.94. The van der Waals surface area contributed by atoms with Gasteiger partial charge >= 0.3 is 12.1 Å². The van der Waals surface area contributed by atoms with Crippen LogP contribution < -0.4 is 5.32 Å². The van der Waals surface area contributed by atoms with Crippen LogP contribution in [-0.4, -0.2) is 23.8 Å². The molecule has 19 heavy (non-hydrogen) atoms. The number of carboxylic acids is 1. The van der Waals surface area contributed by atoms with Crippen LogP contribution in [0.5, 0.6) is 0 Å². The van der Waals surface area contributed by atoms with Crippen LogP contribution in [0.2, 0.25) is 0 Å². The number of benzene rings is 1. The Hall–Kier alpha value is -1.75. The molecule has 0 spiro atoms. The van der Waals surface area contributed by atoms with E-state index < -0.39 is 24.6 Å². The van der Waals surface area contributed by atoms with Gasteiger partial charge in [0, 0.05) is 16.7 Å². The van der Waals surface area contributed by atoms with Crippen molar-refractivity contribution in [1.82, 2.24) is 0 Å². The minimum atomic E-state index is -4.82. The fourth-order valence-electron chi connectivity index (χ4n) is 1.28. The molecule has 1 aromatic rings. The van der Waals surface area contributed by atoms with Gasteiger partial charge < -0.3 is 10.4 Å². The van der Waals surface area contributed by atoms with Gasteiger partial charge in [0.1, 0.15) is 0 Å². The third kappa shape index (κ3) is 4.13. The van der Waals surface area contributed by atoms with E-state index in [0.717, 1.165) is 0 Å². The molecule has 0 aliphatic rings. The van der Waals surface area contributed by atoms with E-state index in [1.165, 1.54) is 18.2 Å². The minimum Gasteiger partial charge on any atom is -0.481 e. The van der Waals surface area contributed by atoms with Gasteiger partial charge in [-0.3, -0.25) is 4.79 Å². The fourth-order valence-corrected chi connectivity index (χ4v) is 1.80. The van der Waals surface area contributed by atoms with Crippen molar-refractivity contribution in [2.75, 3.05) is 11.9 Å². The normalized spacial score (nSPS) is 12.6. The number of alkyl halides is 3.